The molecule has 9 heterocycles. The molecule has 20 heteroatoms. The van der Waals surface area contributed by atoms with Crippen molar-refractivity contribution in [3.8, 4) is 45.8 Å². The molecule has 4 aromatic heterocycles. The van der Waals surface area contributed by atoms with E-state index in [1.165, 1.54) is 29.2 Å². The normalized spacial score (nSPS) is 21.5. The van der Waals surface area contributed by atoms with Crippen molar-refractivity contribution >= 4 is 56.5 Å². The van der Waals surface area contributed by atoms with Gasteiger partial charge in [0.2, 0.25) is 11.8 Å². The van der Waals surface area contributed by atoms with E-state index in [0.717, 1.165) is 92.8 Å². The molecule has 7 aromatic rings. The first-order valence-corrected chi connectivity index (χ1v) is 30.2. The minimum Gasteiger partial charge on any atom is -0.508 e. The smallest absolute Gasteiger partial charge is 0.319 e. The van der Waals surface area contributed by atoms with E-state index in [1.54, 1.807) is 17.5 Å². The summed E-state index contributed by atoms with van der Waals surface area (Å²) in [6.45, 7) is 13.8. The van der Waals surface area contributed by atoms with E-state index >= 15 is 8.78 Å². The molecule has 2 amide bonds. The number of thiazole rings is 1. The van der Waals surface area contributed by atoms with Crippen molar-refractivity contribution in [2.45, 2.75) is 115 Å². The summed E-state index contributed by atoms with van der Waals surface area (Å²) < 4.78 is 44.4. The number of aromatic hydroxyl groups is 1. The van der Waals surface area contributed by atoms with Crippen LogP contribution in [0.3, 0.4) is 0 Å². The van der Waals surface area contributed by atoms with Crippen LogP contribution in [0.15, 0.2) is 70.8 Å². The van der Waals surface area contributed by atoms with Crippen LogP contribution in [0.25, 0.3) is 43.4 Å². The summed E-state index contributed by atoms with van der Waals surface area (Å²) in [4.78, 5) is 56.2. The molecule has 4 N–H and O–H groups in total. The van der Waals surface area contributed by atoms with Gasteiger partial charge in [-0.25, -0.2) is 13.8 Å². The number of anilines is 2. The first-order chi connectivity index (χ1) is 40.2. The van der Waals surface area contributed by atoms with Gasteiger partial charge in [0.25, 0.3) is 0 Å². The van der Waals surface area contributed by atoms with Crippen molar-refractivity contribution in [3.63, 3.8) is 0 Å². The Labute approximate surface area is 485 Å². The molecular weight excluding hydrogens is 1080 g/mol. The van der Waals surface area contributed by atoms with Gasteiger partial charge in [0.15, 0.2) is 17.4 Å². The zero-order valence-corrected chi connectivity index (χ0v) is 48.2. The molecule has 5 aliphatic rings. The third-order valence-electron chi connectivity index (χ3n) is 18.0. The maximum atomic E-state index is 17.1. The number of rotatable bonds is 16. The lowest BCUT2D eigenvalue weighted by Crippen LogP contribution is -2.51. The minimum atomic E-state index is -0.824. The number of ether oxygens (including phenoxy) is 1. The number of hydrogen-bond donors (Lipinski definition) is 4. The SMILES string of the molecule is C#Cc1c(F)ccc2cc(O)cc(-c3ncc4c(N5C[C@H]6CC[C@@H](C5)N6)nc(OCCN5CCC(CC6CCN(c7cc([C@H](C(=O)N8C[C@H](O)C[C@H]8C(=O)N[C@@H](C)c8ccc(-c9scnc9C)cc8)C(C)C)on7)CC6)CC5)nc4c3F)c12. The summed E-state index contributed by atoms with van der Waals surface area (Å²) in [7, 11) is 0. The Morgan fingerprint density at radius 3 is 2.36 bits per heavy atom. The summed E-state index contributed by atoms with van der Waals surface area (Å²) in [6.07, 6.45) is 14.1. The van der Waals surface area contributed by atoms with Crippen molar-refractivity contribution in [1.29, 1.82) is 0 Å². The predicted molar refractivity (Wildman–Crippen MR) is 315 cm³/mol. The number of aliphatic hydroxyl groups is 1. The van der Waals surface area contributed by atoms with Crippen LogP contribution < -0.4 is 25.2 Å². The molecule has 0 aliphatic carbocycles. The number of likely N-dealkylation sites (tertiary alicyclic amines) is 2. The summed E-state index contributed by atoms with van der Waals surface area (Å²) in [5.74, 6) is 2.38. The number of aryl methyl sites for hydroxylation is 1. The van der Waals surface area contributed by atoms with Gasteiger partial charge in [-0.3, -0.25) is 19.5 Å². The van der Waals surface area contributed by atoms with E-state index in [4.69, 9.17) is 20.7 Å². The Morgan fingerprint density at radius 1 is 0.928 bits per heavy atom. The average molecular weight is 1150 g/mol. The van der Waals surface area contributed by atoms with Gasteiger partial charge >= 0.3 is 6.01 Å². The quantitative estimate of drug-likeness (QED) is 0.0668. The Morgan fingerprint density at radius 2 is 1.66 bits per heavy atom. The number of pyridine rings is 1. The molecule has 5 saturated heterocycles. The molecule has 3 aromatic carbocycles. The number of carbonyl (C=O) groups excluding carboxylic acids is 2. The summed E-state index contributed by atoms with van der Waals surface area (Å²) in [5.41, 5.74) is 4.82. The lowest BCUT2D eigenvalue weighted by atomic mass is 9.83. The zero-order valence-electron chi connectivity index (χ0n) is 47.4. The number of β-amino-alcohol motifs (C(OH)–C–C–N with tert-alkyl or cyclic N) is 1. The molecule has 83 heavy (non-hydrogen) atoms. The number of halogens is 2. The van der Waals surface area contributed by atoms with Gasteiger partial charge in [0, 0.05) is 81.0 Å². The lowest BCUT2D eigenvalue weighted by Gasteiger charge is -2.36. The van der Waals surface area contributed by atoms with Gasteiger partial charge in [-0.1, -0.05) is 55.3 Å². The third kappa shape index (κ3) is 11.6. The van der Waals surface area contributed by atoms with E-state index in [-0.39, 0.29) is 88.3 Å². The number of piperidine rings is 2. The first-order valence-electron chi connectivity index (χ1n) is 29.3. The molecule has 5 fully saturated rings. The van der Waals surface area contributed by atoms with E-state index in [0.29, 0.717) is 66.2 Å². The van der Waals surface area contributed by atoms with Crippen molar-refractivity contribution in [2.24, 2.45) is 17.8 Å². The second-order valence-electron chi connectivity index (χ2n) is 23.8. The fourth-order valence-electron chi connectivity index (χ4n) is 13.5. The molecule has 0 saturated carbocycles. The number of fused-ring (bicyclic) bond motifs is 4. The lowest BCUT2D eigenvalue weighted by molar-refractivity contribution is -0.141. The van der Waals surface area contributed by atoms with Gasteiger partial charge in [0.1, 0.15) is 47.2 Å². The number of terminal acetylenes is 1. The Kier molecular flexibility index (Phi) is 16.1. The van der Waals surface area contributed by atoms with Crippen LogP contribution >= 0.6 is 11.3 Å². The summed E-state index contributed by atoms with van der Waals surface area (Å²) in [6, 6.07) is 15.0. The number of hydrogen-bond acceptors (Lipinski definition) is 16. The Bertz CT molecular complexity index is 3560. The third-order valence-corrected chi connectivity index (χ3v) is 18.9. The summed E-state index contributed by atoms with van der Waals surface area (Å²) >= 11 is 1.59. The van der Waals surface area contributed by atoms with E-state index in [2.05, 4.69) is 51.4 Å². The van der Waals surface area contributed by atoms with Crippen molar-refractivity contribution in [3.05, 3.63) is 101 Å². The average Bonchev–Trinajstić information content (AvgIpc) is 4.31. The number of amides is 2. The van der Waals surface area contributed by atoms with Crippen molar-refractivity contribution < 1.29 is 37.8 Å². The molecule has 0 unspecified atom stereocenters. The molecule has 0 radical (unpaired) electrons. The number of benzene rings is 3. The number of nitrogens with zero attached hydrogens (tertiary/aromatic N) is 9. The van der Waals surface area contributed by atoms with Crippen LogP contribution in [-0.4, -0.2) is 140 Å². The zero-order chi connectivity index (χ0) is 57.6. The standard InChI is InChI=1S/C63H71F2N11O6S/c1-6-47-50(64)14-11-42-26-45(77)27-48(55(42)47)57-56(65)58-49(30-66-57)60(75-31-43-12-13-44(32-75)69-43)71-63(70-58)81-24-23-73-19-15-38(16-20-73)25-39-17-21-74(22-18-39)53-29-52(82-72-53)54(35(2)3)62(80)76-33-46(78)28-51(76)61(79)68-36(4)40-7-9-41(10-8-40)59-37(5)67-34-83-59/h1,7-11,14,26-27,29-30,34-36,38-39,43-44,46,51,54,69,77-78H,12-13,15-25,28,31-33H2,2-5H3,(H,68,79)/t36-,43-,44+,46+,51-,54+/m0/s1. The van der Waals surface area contributed by atoms with Crippen LogP contribution in [0.2, 0.25) is 0 Å². The van der Waals surface area contributed by atoms with Crippen LogP contribution in [0.1, 0.15) is 107 Å². The number of carbonyl (C=O) groups is 2. The topological polar surface area (TPSA) is 198 Å². The van der Waals surface area contributed by atoms with Crippen LogP contribution in [0.5, 0.6) is 11.8 Å². The molecule has 2 bridgehead atoms. The van der Waals surface area contributed by atoms with E-state index in [9.17, 15) is 19.8 Å². The van der Waals surface area contributed by atoms with E-state index in [1.807, 2.05) is 63.5 Å². The van der Waals surface area contributed by atoms with Crippen molar-refractivity contribution in [1.82, 2.24) is 45.5 Å². The van der Waals surface area contributed by atoms with Crippen LogP contribution in [-0.2, 0) is 9.59 Å². The number of phenolic OH excluding ortho intramolecular Hbond substituents is 1. The van der Waals surface area contributed by atoms with Crippen molar-refractivity contribution in [2.75, 3.05) is 68.8 Å². The fourth-order valence-corrected chi connectivity index (χ4v) is 14.3. The number of nitrogens with one attached hydrogen (secondary N) is 2. The van der Waals surface area contributed by atoms with Gasteiger partial charge in [-0.05, 0) is 124 Å². The van der Waals surface area contributed by atoms with Gasteiger partial charge in [0.05, 0.1) is 39.2 Å². The summed E-state index contributed by atoms with van der Waals surface area (Å²) in [5, 5.41) is 33.9. The molecule has 0 spiro atoms. The fraction of sp³-hybridized carbons (Fsp3) is 0.476. The predicted octanol–water partition coefficient (Wildman–Crippen LogP) is 9.15. The largest absolute Gasteiger partial charge is 0.508 e. The van der Waals surface area contributed by atoms with Gasteiger partial charge < -0.3 is 44.8 Å². The minimum absolute atomic E-state index is 0.0181. The molecular formula is C63H71F2N11O6S. The van der Waals surface area contributed by atoms with Gasteiger partial charge in [-0.15, -0.1) is 17.8 Å². The first kappa shape index (κ1) is 56.2. The maximum absolute atomic E-state index is 17.1. The Hall–Kier alpha value is -7.31. The van der Waals surface area contributed by atoms with Crippen LogP contribution in [0, 0.1) is 48.7 Å². The van der Waals surface area contributed by atoms with Gasteiger partial charge in [-0.2, -0.15) is 9.97 Å². The molecule has 6 atom stereocenters. The molecule has 17 nitrogen and oxygen atoms in total. The highest BCUT2D eigenvalue weighted by atomic mass is 32.1. The molecule has 5 aliphatic heterocycles. The number of piperazine rings is 1. The second kappa shape index (κ2) is 23.7. The Balaban J connectivity index is 0.638. The molecule has 12 rings (SSSR count). The maximum Gasteiger partial charge on any atom is 0.319 e. The highest BCUT2D eigenvalue weighted by Crippen LogP contribution is 2.41. The molecule has 434 valence electrons. The van der Waals surface area contributed by atoms with E-state index < -0.39 is 29.7 Å². The number of aliphatic hydroxyl groups excluding tert-OH is 1. The monoisotopic (exact) mass is 1150 g/mol. The second-order valence-corrected chi connectivity index (χ2v) is 24.7. The highest BCUT2D eigenvalue weighted by Gasteiger charge is 2.44. The highest BCUT2D eigenvalue weighted by molar-refractivity contribution is 7.13. The van der Waals surface area contributed by atoms with Crippen LogP contribution in [0.4, 0.5) is 20.4 Å². The number of aromatic nitrogens is 5. The number of phenols is 1.